The van der Waals surface area contributed by atoms with Crippen molar-refractivity contribution < 1.29 is 4.79 Å². The van der Waals surface area contributed by atoms with Crippen molar-refractivity contribution in [2.24, 2.45) is 5.92 Å². The van der Waals surface area contributed by atoms with Crippen LogP contribution in [0.1, 0.15) is 103 Å². The second-order valence-corrected chi connectivity index (χ2v) is 10.4. The topological polar surface area (TPSA) is 29.1 Å². The van der Waals surface area contributed by atoms with Crippen molar-refractivity contribution in [3.05, 3.63) is 82.4 Å². The van der Waals surface area contributed by atoms with Crippen molar-refractivity contribution in [1.82, 2.24) is 0 Å². The Hall–Kier alpha value is -2.87. The summed E-state index contributed by atoms with van der Waals surface area (Å²) < 4.78 is 0. The number of fused-ring (bicyclic) bond motifs is 1. The van der Waals surface area contributed by atoms with E-state index in [9.17, 15) is 4.79 Å². The largest absolute Gasteiger partial charge is 0.384 e. The minimum Gasteiger partial charge on any atom is -0.384 e. The third-order valence-electron chi connectivity index (χ3n) is 7.85. The fourth-order valence-electron chi connectivity index (χ4n) is 5.98. The van der Waals surface area contributed by atoms with Gasteiger partial charge in [0.2, 0.25) is 0 Å². The maximum absolute atomic E-state index is 12.1. The fraction of sp³-hybridized carbons (Fsp3) is 0.424. The Kier molecular flexibility index (Phi) is 8.44. The van der Waals surface area contributed by atoms with Crippen LogP contribution in [-0.4, -0.2) is 12.3 Å². The Morgan fingerprint density at radius 3 is 2.46 bits per heavy atom. The average Bonchev–Trinajstić information content (AvgIpc) is 2.96. The average molecular weight is 468 g/mol. The molecule has 0 bridgehead atoms. The highest BCUT2D eigenvalue weighted by Crippen LogP contribution is 2.45. The standard InChI is InChI=1S/C33H41NO/c1-5-6-15-29-23(2)17-19-31-30(16-11-8-12-21-34-33(29)31)32(26-13-9-7-10-14-26)28-20-18-27(25(4)35)22-24(28)3/h5-6,15,17-20,22,26,34H,1,7-14,16,21H2,2-4H3/b15-6-,32-30+. The first kappa shape index (κ1) is 25.2. The van der Waals surface area contributed by atoms with Crippen LogP contribution in [0, 0.1) is 19.8 Å². The summed E-state index contributed by atoms with van der Waals surface area (Å²) in [5.41, 5.74) is 11.6. The molecule has 1 aliphatic heterocycles. The molecule has 4 rings (SSSR count). The van der Waals surface area contributed by atoms with Gasteiger partial charge in [-0.05, 0) is 92.7 Å². The molecular weight excluding hydrogens is 426 g/mol. The van der Waals surface area contributed by atoms with Crippen molar-refractivity contribution in [1.29, 1.82) is 0 Å². The number of Topliss-reactive ketones (excluding diaryl/α,β-unsaturated/α-hetero) is 1. The van der Waals surface area contributed by atoms with Crippen LogP contribution in [0.4, 0.5) is 5.69 Å². The lowest BCUT2D eigenvalue weighted by molar-refractivity contribution is 0.101. The summed E-state index contributed by atoms with van der Waals surface area (Å²) in [6.07, 6.45) is 17.3. The molecule has 2 heteroatoms. The second-order valence-electron chi connectivity index (χ2n) is 10.4. The highest BCUT2D eigenvalue weighted by atomic mass is 16.1. The molecule has 1 aliphatic carbocycles. The minimum absolute atomic E-state index is 0.137. The first-order valence-corrected chi connectivity index (χ1v) is 13.5. The first-order chi connectivity index (χ1) is 17.0. The maximum atomic E-state index is 12.1. The molecule has 1 saturated carbocycles. The molecule has 0 aromatic heterocycles. The molecule has 0 unspecified atom stereocenters. The van der Waals surface area contributed by atoms with E-state index in [1.54, 1.807) is 6.92 Å². The Balaban J connectivity index is 2.00. The molecule has 1 N–H and O–H groups in total. The number of ketones is 1. The zero-order chi connectivity index (χ0) is 24.8. The summed E-state index contributed by atoms with van der Waals surface area (Å²) in [4.78, 5) is 12.1. The highest BCUT2D eigenvalue weighted by molar-refractivity contribution is 5.99. The summed E-state index contributed by atoms with van der Waals surface area (Å²) in [5.74, 6) is 0.709. The van der Waals surface area contributed by atoms with Crippen LogP contribution in [-0.2, 0) is 0 Å². The number of carbonyl (C=O) groups excluding carboxylic acids is 1. The van der Waals surface area contributed by atoms with Gasteiger partial charge in [0.05, 0.1) is 0 Å². The summed E-state index contributed by atoms with van der Waals surface area (Å²) >= 11 is 0. The van der Waals surface area contributed by atoms with Gasteiger partial charge in [0.15, 0.2) is 5.78 Å². The number of nitrogens with one attached hydrogen (secondary N) is 1. The number of benzene rings is 2. The number of anilines is 1. The fourth-order valence-corrected chi connectivity index (χ4v) is 5.98. The molecule has 0 radical (unpaired) electrons. The first-order valence-electron chi connectivity index (χ1n) is 13.5. The number of rotatable bonds is 5. The SMILES string of the molecule is C=C/C=C\c1c(C)ccc2c1NCCCCC/C2=C(\c1ccc(C(C)=O)cc1C)C1CCCCC1. The molecule has 0 spiro atoms. The van der Waals surface area contributed by atoms with Crippen molar-refractivity contribution in [2.75, 3.05) is 11.9 Å². The molecule has 35 heavy (non-hydrogen) atoms. The van der Waals surface area contributed by atoms with Crippen LogP contribution < -0.4 is 5.32 Å². The van der Waals surface area contributed by atoms with Crippen LogP contribution in [0.3, 0.4) is 0 Å². The number of hydrogen-bond acceptors (Lipinski definition) is 2. The molecule has 2 nitrogen and oxygen atoms in total. The van der Waals surface area contributed by atoms with Crippen molar-refractivity contribution in [2.45, 2.75) is 78.6 Å². The third kappa shape index (κ3) is 5.69. The molecule has 2 aliphatic rings. The van der Waals surface area contributed by atoms with Gasteiger partial charge in [-0.3, -0.25) is 4.79 Å². The Morgan fingerprint density at radius 1 is 0.971 bits per heavy atom. The Bertz CT molecular complexity index is 1140. The van der Waals surface area contributed by atoms with E-state index in [-0.39, 0.29) is 5.78 Å². The van der Waals surface area contributed by atoms with Crippen molar-refractivity contribution in [3.63, 3.8) is 0 Å². The van der Waals surface area contributed by atoms with Crippen molar-refractivity contribution >= 4 is 28.7 Å². The lowest BCUT2D eigenvalue weighted by atomic mass is 9.75. The third-order valence-corrected chi connectivity index (χ3v) is 7.85. The zero-order valence-corrected chi connectivity index (χ0v) is 21.9. The number of aryl methyl sites for hydroxylation is 2. The van der Waals surface area contributed by atoms with Crippen LogP contribution in [0.25, 0.3) is 17.2 Å². The molecule has 2 aromatic rings. The number of allylic oxidation sites excluding steroid dienone is 4. The maximum Gasteiger partial charge on any atom is 0.159 e. The normalized spacial score (nSPS) is 18.7. The van der Waals surface area contributed by atoms with E-state index in [2.05, 4.69) is 56.1 Å². The van der Waals surface area contributed by atoms with E-state index in [4.69, 9.17) is 0 Å². The summed E-state index contributed by atoms with van der Waals surface area (Å²) in [6, 6.07) is 11.0. The lowest BCUT2D eigenvalue weighted by Crippen LogP contribution is -2.13. The van der Waals surface area contributed by atoms with Gasteiger partial charge >= 0.3 is 0 Å². The van der Waals surface area contributed by atoms with E-state index < -0.39 is 0 Å². The molecule has 0 saturated heterocycles. The van der Waals surface area contributed by atoms with Gasteiger partial charge in [-0.2, -0.15) is 0 Å². The molecule has 0 atom stereocenters. The van der Waals surface area contributed by atoms with E-state index >= 15 is 0 Å². The molecule has 2 aromatic carbocycles. The van der Waals surface area contributed by atoms with E-state index in [1.807, 2.05) is 18.2 Å². The van der Waals surface area contributed by atoms with Crippen LogP contribution >= 0.6 is 0 Å². The monoisotopic (exact) mass is 467 g/mol. The Labute approximate surface area is 212 Å². The summed E-state index contributed by atoms with van der Waals surface area (Å²) in [5, 5.41) is 3.84. The minimum atomic E-state index is 0.137. The van der Waals surface area contributed by atoms with E-state index in [1.165, 1.54) is 96.0 Å². The predicted octanol–water partition coefficient (Wildman–Crippen LogP) is 9.18. The number of hydrogen-bond donors (Lipinski definition) is 1. The smallest absolute Gasteiger partial charge is 0.159 e. The quantitative estimate of drug-likeness (QED) is 0.351. The summed E-state index contributed by atoms with van der Waals surface area (Å²) in [7, 11) is 0. The van der Waals surface area contributed by atoms with Gasteiger partial charge < -0.3 is 5.32 Å². The highest BCUT2D eigenvalue weighted by Gasteiger charge is 2.26. The van der Waals surface area contributed by atoms with E-state index in [0.29, 0.717) is 5.92 Å². The van der Waals surface area contributed by atoms with Gasteiger partial charge in [0.1, 0.15) is 0 Å². The molecular formula is C33H41NO. The lowest BCUT2D eigenvalue weighted by Gasteiger charge is -2.30. The van der Waals surface area contributed by atoms with Crippen LogP contribution in [0.15, 0.2) is 49.1 Å². The molecule has 184 valence electrons. The van der Waals surface area contributed by atoms with Gasteiger partial charge in [-0.25, -0.2) is 0 Å². The molecule has 0 amide bonds. The van der Waals surface area contributed by atoms with E-state index in [0.717, 1.165) is 18.5 Å². The van der Waals surface area contributed by atoms with Gasteiger partial charge in [-0.1, -0.05) is 74.8 Å². The van der Waals surface area contributed by atoms with Gasteiger partial charge in [-0.15, -0.1) is 0 Å². The molecule has 1 heterocycles. The van der Waals surface area contributed by atoms with Crippen LogP contribution in [0.5, 0.6) is 0 Å². The second kappa shape index (κ2) is 11.7. The molecule has 1 fully saturated rings. The van der Waals surface area contributed by atoms with Gasteiger partial charge in [0, 0.05) is 28.9 Å². The zero-order valence-electron chi connectivity index (χ0n) is 21.9. The predicted molar refractivity (Wildman–Crippen MR) is 152 cm³/mol. The number of carbonyl (C=O) groups is 1. The van der Waals surface area contributed by atoms with Crippen LogP contribution in [0.2, 0.25) is 0 Å². The van der Waals surface area contributed by atoms with Gasteiger partial charge in [0.25, 0.3) is 0 Å². The van der Waals surface area contributed by atoms with Crippen molar-refractivity contribution in [3.8, 4) is 0 Å². The Morgan fingerprint density at radius 2 is 1.74 bits per heavy atom. The summed E-state index contributed by atoms with van der Waals surface area (Å²) in [6.45, 7) is 11.0.